The average molecular weight is 363 g/mol. The fourth-order valence-corrected chi connectivity index (χ4v) is 2.14. The molecule has 1 amide bonds. The highest BCUT2D eigenvalue weighted by molar-refractivity contribution is 14.1. The number of aromatic hydroxyl groups is 1. The monoisotopic (exact) mass is 363 g/mol. The summed E-state index contributed by atoms with van der Waals surface area (Å²) >= 11 is 2.09. The number of amides is 1. The molecule has 4 nitrogen and oxygen atoms in total. The van der Waals surface area contributed by atoms with Crippen LogP contribution in [0.3, 0.4) is 0 Å². The zero-order valence-corrected chi connectivity index (χ0v) is 12.9. The van der Waals surface area contributed by atoms with Gasteiger partial charge in [0.25, 0.3) is 5.91 Å². The van der Waals surface area contributed by atoms with Crippen LogP contribution >= 0.6 is 22.6 Å². The second-order valence-corrected chi connectivity index (χ2v) is 6.04. The number of phenolic OH excluding ortho intramolecular Hbond substituents is 1. The topological polar surface area (TPSA) is 60.8 Å². The van der Waals surface area contributed by atoms with Crippen molar-refractivity contribution in [3.8, 4) is 5.75 Å². The van der Waals surface area contributed by atoms with E-state index in [9.17, 15) is 15.0 Å². The Bertz CT molecular complexity index is 440. The second kappa shape index (κ2) is 5.88. The highest BCUT2D eigenvalue weighted by Crippen LogP contribution is 2.22. The highest BCUT2D eigenvalue weighted by atomic mass is 127. The summed E-state index contributed by atoms with van der Waals surface area (Å²) in [5.41, 5.74) is -0.684. The Morgan fingerprint density at radius 1 is 1.44 bits per heavy atom. The maximum atomic E-state index is 12.3. The minimum atomic E-state index is -0.955. The van der Waals surface area contributed by atoms with Crippen LogP contribution in [0.4, 0.5) is 0 Å². The van der Waals surface area contributed by atoms with Gasteiger partial charge >= 0.3 is 0 Å². The minimum Gasteiger partial charge on any atom is -0.507 e. The van der Waals surface area contributed by atoms with Gasteiger partial charge in [0.05, 0.1) is 11.2 Å². The molecule has 0 atom stereocenters. The van der Waals surface area contributed by atoms with Crippen molar-refractivity contribution in [3.05, 3.63) is 27.3 Å². The van der Waals surface area contributed by atoms with E-state index in [1.165, 1.54) is 11.0 Å². The van der Waals surface area contributed by atoms with E-state index in [-0.39, 0.29) is 23.8 Å². The fourth-order valence-electron chi connectivity index (χ4n) is 1.64. The summed E-state index contributed by atoms with van der Waals surface area (Å²) in [6.07, 6.45) is 0. The number of benzene rings is 1. The van der Waals surface area contributed by atoms with Crippen LogP contribution in [0.2, 0.25) is 0 Å². The number of nitrogens with zero attached hydrogens (tertiary/aromatic N) is 1. The largest absolute Gasteiger partial charge is 0.507 e. The van der Waals surface area contributed by atoms with Gasteiger partial charge in [0.15, 0.2) is 0 Å². The molecule has 2 N–H and O–H groups in total. The molecule has 100 valence electrons. The molecule has 1 aromatic rings. The van der Waals surface area contributed by atoms with Crippen molar-refractivity contribution in [1.82, 2.24) is 4.90 Å². The fraction of sp³-hybridized carbons (Fsp3) is 0.462. The molecule has 0 heterocycles. The molecule has 5 heteroatoms. The molecule has 0 unspecified atom stereocenters. The lowest BCUT2D eigenvalue weighted by atomic mass is 10.1. The Morgan fingerprint density at radius 3 is 2.56 bits per heavy atom. The first-order valence-corrected chi connectivity index (χ1v) is 6.82. The van der Waals surface area contributed by atoms with Gasteiger partial charge in [-0.05, 0) is 61.6 Å². The van der Waals surface area contributed by atoms with E-state index in [0.717, 1.165) is 3.57 Å². The van der Waals surface area contributed by atoms with Crippen molar-refractivity contribution in [2.45, 2.75) is 26.4 Å². The van der Waals surface area contributed by atoms with Crippen molar-refractivity contribution in [2.24, 2.45) is 0 Å². The molecule has 0 fully saturated rings. The lowest BCUT2D eigenvalue weighted by Crippen LogP contribution is -2.42. The SMILES string of the molecule is CCN(CC(C)(C)O)C(=O)c1cc(I)ccc1O. The summed E-state index contributed by atoms with van der Waals surface area (Å²) in [5.74, 6) is -0.301. The molecule has 1 aromatic carbocycles. The lowest BCUT2D eigenvalue weighted by molar-refractivity contribution is 0.0313. The Morgan fingerprint density at radius 2 is 2.06 bits per heavy atom. The predicted octanol–water partition coefficient (Wildman–Crippen LogP) is 2.23. The first kappa shape index (κ1) is 15.2. The smallest absolute Gasteiger partial charge is 0.257 e. The van der Waals surface area contributed by atoms with Crippen molar-refractivity contribution >= 4 is 28.5 Å². The molecule has 0 radical (unpaired) electrons. The number of hydrogen-bond acceptors (Lipinski definition) is 3. The summed E-state index contributed by atoms with van der Waals surface area (Å²) in [5, 5.41) is 19.5. The number of hydrogen-bond donors (Lipinski definition) is 2. The number of phenols is 1. The molecule has 0 aliphatic heterocycles. The van der Waals surface area contributed by atoms with Gasteiger partial charge in [-0.25, -0.2) is 0 Å². The summed E-state index contributed by atoms with van der Waals surface area (Å²) < 4.78 is 0.882. The third-order valence-electron chi connectivity index (χ3n) is 2.44. The number of likely N-dealkylation sites (N-methyl/N-ethyl adjacent to an activating group) is 1. The summed E-state index contributed by atoms with van der Waals surface area (Å²) in [6.45, 7) is 5.85. The van der Waals surface area contributed by atoms with Crippen molar-refractivity contribution in [1.29, 1.82) is 0 Å². The molecule has 0 aromatic heterocycles. The summed E-state index contributed by atoms with van der Waals surface area (Å²) in [4.78, 5) is 13.8. The van der Waals surface area contributed by atoms with Gasteiger partial charge in [0, 0.05) is 16.7 Å². The lowest BCUT2D eigenvalue weighted by Gasteiger charge is -2.28. The minimum absolute atomic E-state index is 0.0328. The van der Waals surface area contributed by atoms with Crippen LogP contribution in [0.1, 0.15) is 31.1 Å². The quantitative estimate of drug-likeness (QED) is 0.807. The molecule has 0 aliphatic carbocycles. The number of rotatable bonds is 4. The van der Waals surface area contributed by atoms with E-state index in [0.29, 0.717) is 6.54 Å². The van der Waals surface area contributed by atoms with Crippen LogP contribution in [0, 0.1) is 3.57 Å². The molecule has 0 bridgehead atoms. The maximum Gasteiger partial charge on any atom is 0.257 e. The Balaban J connectivity index is 3.00. The van der Waals surface area contributed by atoms with E-state index in [1.807, 2.05) is 6.92 Å². The van der Waals surface area contributed by atoms with Crippen LogP contribution in [-0.4, -0.2) is 39.7 Å². The van der Waals surface area contributed by atoms with E-state index >= 15 is 0 Å². The van der Waals surface area contributed by atoms with Gasteiger partial charge in [0.2, 0.25) is 0 Å². The van der Waals surface area contributed by atoms with Gasteiger partial charge in [-0.2, -0.15) is 0 Å². The van der Waals surface area contributed by atoms with Crippen LogP contribution in [-0.2, 0) is 0 Å². The molecule has 1 rings (SSSR count). The second-order valence-electron chi connectivity index (χ2n) is 4.79. The van der Waals surface area contributed by atoms with Crippen molar-refractivity contribution in [2.75, 3.05) is 13.1 Å². The number of aliphatic hydroxyl groups is 1. The van der Waals surface area contributed by atoms with E-state index < -0.39 is 5.60 Å². The van der Waals surface area contributed by atoms with Crippen LogP contribution in [0.5, 0.6) is 5.75 Å². The van der Waals surface area contributed by atoms with E-state index in [1.54, 1.807) is 26.0 Å². The first-order valence-electron chi connectivity index (χ1n) is 5.75. The average Bonchev–Trinajstić information content (AvgIpc) is 2.27. The van der Waals surface area contributed by atoms with Crippen LogP contribution < -0.4 is 0 Å². The summed E-state index contributed by atoms with van der Waals surface area (Å²) in [7, 11) is 0. The predicted molar refractivity (Wildman–Crippen MR) is 78.7 cm³/mol. The van der Waals surface area contributed by atoms with Gasteiger partial charge in [-0.1, -0.05) is 0 Å². The third kappa shape index (κ3) is 4.13. The van der Waals surface area contributed by atoms with Crippen LogP contribution in [0.15, 0.2) is 18.2 Å². The molecular formula is C13H18INO3. The van der Waals surface area contributed by atoms with Gasteiger partial charge in [-0.3, -0.25) is 4.79 Å². The van der Waals surface area contributed by atoms with Crippen molar-refractivity contribution in [3.63, 3.8) is 0 Å². The van der Waals surface area contributed by atoms with E-state index in [4.69, 9.17) is 0 Å². The number of halogens is 1. The number of carbonyl (C=O) groups is 1. The van der Waals surface area contributed by atoms with Crippen LogP contribution in [0.25, 0.3) is 0 Å². The zero-order chi connectivity index (χ0) is 13.9. The normalized spacial score (nSPS) is 11.4. The molecule has 0 saturated heterocycles. The number of carbonyl (C=O) groups excluding carboxylic acids is 1. The highest BCUT2D eigenvalue weighted by Gasteiger charge is 2.24. The Hall–Kier alpha value is -0.820. The van der Waals surface area contributed by atoms with Gasteiger partial charge < -0.3 is 15.1 Å². The first-order chi connectivity index (χ1) is 8.24. The third-order valence-corrected chi connectivity index (χ3v) is 3.11. The molecule has 0 spiro atoms. The van der Waals surface area contributed by atoms with Crippen molar-refractivity contribution < 1.29 is 15.0 Å². The van der Waals surface area contributed by atoms with Gasteiger partial charge in [-0.15, -0.1) is 0 Å². The zero-order valence-electron chi connectivity index (χ0n) is 10.8. The molecule has 18 heavy (non-hydrogen) atoms. The molecule has 0 aliphatic rings. The molecule has 0 saturated carbocycles. The molecular weight excluding hydrogens is 345 g/mol. The van der Waals surface area contributed by atoms with Gasteiger partial charge in [0.1, 0.15) is 5.75 Å². The Labute approximate surface area is 121 Å². The summed E-state index contributed by atoms with van der Waals surface area (Å²) in [6, 6.07) is 4.89. The maximum absolute atomic E-state index is 12.3. The Kier molecular flexibility index (Phi) is 4.98. The standard InChI is InChI=1S/C13H18INO3/c1-4-15(8-13(2,3)18)12(17)10-7-9(14)5-6-11(10)16/h5-7,16,18H,4,8H2,1-3H3. The van der Waals surface area contributed by atoms with E-state index in [2.05, 4.69) is 22.6 Å².